The fraction of sp³-hybridized carbons (Fsp3) is 0.0833. The summed E-state index contributed by atoms with van der Waals surface area (Å²) in [5.74, 6) is -1.21. The Bertz CT molecular complexity index is 797. The van der Waals surface area contributed by atoms with E-state index in [9.17, 15) is 13.2 Å². The first-order valence-corrected chi connectivity index (χ1v) is 9.00. The lowest BCUT2D eigenvalue weighted by atomic mass is 10.1. The van der Waals surface area contributed by atoms with E-state index in [0.717, 1.165) is 11.3 Å². The summed E-state index contributed by atoms with van der Waals surface area (Å²) in [6, 6.07) is 5.82. The molecule has 0 saturated carbocycles. The van der Waals surface area contributed by atoms with Crippen LogP contribution in [0.4, 0.5) is 5.69 Å². The molecule has 0 bridgehead atoms. The predicted octanol–water partition coefficient (Wildman–Crippen LogP) is 3.97. The molecule has 0 fully saturated rings. The molecule has 5 nitrogen and oxygen atoms in total. The molecule has 1 aromatic heterocycles. The highest BCUT2D eigenvalue weighted by molar-refractivity contribution is 9.11. The van der Waals surface area contributed by atoms with Crippen molar-refractivity contribution in [2.45, 2.75) is 11.1 Å². The van der Waals surface area contributed by atoms with Gasteiger partial charge in [-0.25, -0.2) is 13.2 Å². The molecule has 2 aromatic rings. The lowest BCUT2D eigenvalue weighted by molar-refractivity contribution is 0.0698. The van der Waals surface area contributed by atoms with Crippen LogP contribution in [0.1, 0.15) is 15.9 Å². The quantitative estimate of drug-likeness (QED) is 0.799. The SMILES string of the molecule is Cc1cccc(C(=O)O)c1NS(=O)(=O)c1cc(Cl)c(Br)s1. The standard InChI is InChI=1S/C12H9BrClNO4S2/c1-6-3-2-4-7(12(16)17)10(6)15-21(18,19)9-5-8(14)11(13)20-9/h2-5,15H,1H3,(H,16,17). The van der Waals surface area contributed by atoms with Gasteiger partial charge in [-0.05, 0) is 40.5 Å². The number of benzene rings is 1. The van der Waals surface area contributed by atoms with Crippen molar-refractivity contribution in [1.82, 2.24) is 0 Å². The number of carboxylic acid groups (broad SMARTS) is 1. The second-order valence-corrected chi connectivity index (χ2v) is 8.78. The third kappa shape index (κ3) is 3.39. The Kier molecular flexibility index (Phi) is 4.62. The number of rotatable bonds is 4. The van der Waals surface area contributed by atoms with Crippen molar-refractivity contribution in [3.63, 3.8) is 0 Å². The van der Waals surface area contributed by atoms with Crippen molar-refractivity contribution in [2.24, 2.45) is 0 Å². The van der Waals surface area contributed by atoms with Crippen LogP contribution in [0.5, 0.6) is 0 Å². The average Bonchev–Trinajstić information content (AvgIpc) is 2.72. The minimum absolute atomic E-state index is 0.000957. The van der Waals surface area contributed by atoms with Crippen LogP contribution in [0.15, 0.2) is 32.3 Å². The molecule has 2 rings (SSSR count). The molecule has 0 saturated heterocycles. The number of hydrogen-bond donors (Lipinski definition) is 2. The van der Waals surface area contributed by atoms with Gasteiger partial charge in [0, 0.05) is 0 Å². The number of carboxylic acids is 1. The van der Waals surface area contributed by atoms with E-state index in [2.05, 4.69) is 20.7 Å². The molecule has 0 unspecified atom stereocenters. The summed E-state index contributed by atoms with van der Waals surface area (Å²) in [5, 5.41) is 9.43. The third-order valence-corrected chi connectivity index (χ3v) is 6.93. The van der Waals surface area contributed by atoms with Gasteiger partial charge in [0.05, 0.1) is 20.1 Å². The van der Waals surface area contributed by atoms with Gasteiger partial charge in [0.1, 0.15) is 4.21 Å². The normalized spacial score (nSPS) is 11.4. The zero-order valence-electron chi connectivity index (χ0n) is 10.6. The molecule has 1 heterocycles. The summed E-state index contributed by atoms with van der Waals surface area (Å²) in [4.78, 5) is 11.2. The van der Waals surface area contributed by atoms with E-state index in [4.69, 9.17) is 16.7 Å². The second kappa shape index (κ2) is 5.96. The lowest BCUT2D eigenvalue weighted by Gasteiger charge is -2.12. The van der Waals surface area contributed by atoms with Crippen molar-refractivity contribution in [1.29, 1.82) is 0 Å². The Morgan fingerprint density at radius 3 is 2.62 bits per heavy atom. The topological polar surface area (TPSA) is 83.5 Å². The molecular formula is C12H9BrClNO4S2. The van der Waals surface area contributed by atoms with Crippen LogP contribution in [0.25, 0.3) is 0 Å². The molecule has 0 spiro atoms. The molecule has 9 heteroatoms. The number of sulfonamides is 1. The van der Waals surface area contributed by atoms with Gasteiger partial charge in [-0.1, -0.05) is 23.7 Å². The summed E-state index contributed by atoms with van der Waals surface area (Å²) < 4.78 is 27.5. The van der Waals surface area contributed by atoms with Crippen LogP contribution < -0.4 is 4.72 Å². The maximum atomic E-state index is 12.3. The Hall–Kier alpha value is -1.09. The van der Waals surface area contributed by atoms with E-state index in [0.29, 0.717) is 9.35 Å². The van der Waals surface area contributed by atoms with Crippen molar-refractivity contribution in [2.75, 3.05) is 4.72 Å². The fourth-order valence-corrected chi connectivity index (χ4v) is 5.18. The maximum Gasteiger partial charge on any atom is 0.337 e. The highest BCUT2D eigenvalue weighted by atomic mass is 79.9. The highest BCUT2D eigenvalue weighted by Crippen LogP contribution is 2.36. The first-order valence-electron chi connectivity index (χ1n) is 5.53. The Labute approximate surface area is 138 Å². The van der Waals surface area contributed by atoms with Gasteiger partial charge in [-0.2, -0.15) is 0 Å². The van der Waals surface area contributed by atoms with Gasteiger partial charge in [0.2, 0.25) is 0 Å². The van der Waals surface area contributed by atoms with E-state index in [1.165, 1.54) is 12.1 Å². The van der Waals surface area contributed by atoms with Crippen molar-refractivity contribution in [3.05, 3.63) is 44.2 Å². The lowest BCUT2D eigenvalue weighted by Crippen LogP contribution is -2.15. The number of aryl methyl sites for hydroxylation is 1. The van der Waals surface area contributed by atoms with E-state index < -0.39 is 16.0 Å². The minimum Gasteiger partial charge on any atom is -0.478 e. The number of anilines is 1. The molecule has 112 valence electrons. The van der Waals surface area contributed by atoms with Gasteiger partial charge in [-0.15, -0.1) is 11.3 Å². The molecule has 0 amide bonds. The zero-order chi connectivity index (χ0) is 15.8. The minimum atomic E-state index is -3.90. The summed E-state index contributed by atoms with van der Waals surface area (Å²) in [6.07, 6.45) is 0. The summed E-state index contributed by atoms with van der Waals surface area (Å²) in [6.45, 7) is 1.63. The van der Waals surface area contributed by atoms with Crippen molar-refractivity contribution >= 4 is 60.5 Å². The molecule has 21 heavy (non-hydrogen) atoms. The van der Waals surface area contributed by atoms with Crippen LogP contribution in [0.2, 0.25) is 5.02 Å². The summed E-state index contributed by atoms with van der Waals surface area (Å²) in [7, 11) is -3.90. The van der Waals surface area contributed by atoms with E-state index in [1.807, 2.05) is 0 Å². The van der Waals surface area contributed by atoms with Crippen LogP contribution in [0, 0.1) is 6.92 Å². The molecule has 1 aromatic carbocycles. The molecule has 0 radical (unpaired) electrons. The summed E-state index contributed by atoms with van der Waals surface area (Å²) >= 11 is 9.92. The molecule has 0 atom stereocenters. The first-order chi connectivity index (χ1) is 9.72. The van der Waals surface area contributed by atoms with Gasteiger partial charge in [0.25, 0.3) is 10.0 Å². The number of carbonyl (C=O) groups is 1. The van der Waals surface area contributed by atoms with Crippen molar-refractivity contribution < 1.29 is 18.3 Å². The Morgan fingerprint density at radius 1 is 1.43 bits per heavy atom. The Balaban J connectivity index is 2.49. The monoisotopic (exact) mass is 409 g/mol. The first kappa shape index (κ1) is 16.3. The maximum absolute atomic E-state index is 12.3. The van der Waals surface area contributed by atoms with Gasteiger partial charge < -0.3 is 5.11 Å². The number of nitrogens with one attached hydrogen (secondary N) is 1. The van der Waals surface area contributed by atoms with Crippen molar-refractivity contribution in [3.8, 4) is 0 Å². The largest absolute Gasteiger partial charge is 0.478 e. The predicted molar refractivity (Wildman–Crippen MR) is 86.0 cm³/mol. The van der Waals surface area contributed by atoms with Gasteiger partial charge >= 0.3 is 5.97 Å². The average molecular weight is 411 g/mol. The van der Waals surface area contributed by atoms with E-state index in [1.54, 1.807) is 19.1 Å². The molecule has 0 aliphatic carbocycles. The number of halogens is 2. The van der Waals surface area contributed by atoms with Gasteiger partial charge in [-0.3, -0.25) is 4.72 Å². The molecule has 0 aliphatic heterocycles. The number of aromatic carboxylic acids is 1. The second-order valence-electron chi connectivity index (χ2n) is 4.10. The van der Waals surface area contributed by atoms with Crippen LogP contribution in [0.3, 0.4) is 0 Å². The van der Waals surface area contributed by atoms with Crippen LogP contribution in [-0.4, -0.2) is 19.5 Å². The molecule has 0 aliphatic rings. The third-order valence-electron chi connectivity index (χ3n) is 2.63. The highest BCUT2D eigenvalue weighted by Gasteiger charge is 2.22. The number of hydrogen-bond acceptors (Lipinski definition) is 4. The smallest absolute Gasteiger partial charge is 0.337 e. The van der Waals surface area contributed by atoms with Crippen LogP contribution in [-0.2, 0) is 10.0 Å². The van der Waals surface area contributed by atoms with E-state index in [-0.39, 0.29) is 20.5 Å². The van der Waals surface area contributed by atoms with Gasteiger partial charge in [0.15, 0.2) is 0 Å². The zero-order valence-corrected chi connectivity index (χ0v) is 14.5. The van der Waals surface area contributed by atoms with E-state index >= 15 is 0 Å². The summed E-state index contributed by atoms with van der Waals surface area (Å²) in [5.41, 5.74) is 0.450. The van der Waals surface area contributed by atoms with Crippen LogP contribution >= 0.6 is 38.9 Å². The molecule has 2 N–H and O–H groups in total. The Morgan fingerprint density at radius 2 is 2.10 bits per heavy atom. The number of thiophene rings is 1. The fourth-order valence-electron chi connectivity index (χ4n) is 1.63. The number of para-hydroxylation sites is 1. The molecular weight excluding hydrogens is 402 g/mol.